The van der Waals surface area contributed by atoms with Gasteiger partial charge in [0, 0.05) is 13.5 Å². The number of nitrogens with two attached hydrogens (primary N) is 1. The molecule has 1 saturated heterocycles. The highest BCUT2D eigenvalue weighted by Crippen LogP contribution is 2.19. The average molecular weight is 161 g/mol. The van der Waals surface area contributed by atoms with E-state index in [1.165, 1.54) is 0 Å². The van der Waals surface area contributed by atoms with Crippen LogP contribution in [0.3, 0.4) is 0 Å². The summed E-state index contributed by atoms with van der Waals surface area (Å²) in [6.07, 6.45) is -0.724. The molecule has 0 aromatic rings. The Hall–Kier alpha value is -0.160. The summed E-state index contributed by atoms with van der Waals surface area (Å²) >= 11 is 0. The smallest absolute Gasteiger partial charge is 0.108 e. The van der Waals surface area contributed by atoms with E-state index in [1.807, 2.05) is 0 Å². The van der Waals surface area contributed by atoms with Crippen LogP contribution < -0.4 is 5.73 Å². The normalized spacial score (nSPS) is 45.8. The number of aliphatic hydroxyl groups excluding tert-OH is 1. The van der Waals surface area contributed by atoms with Gasteiger partial charge in [-0.2, -0.15) is 0 Å². The summed E-state index contributed by atoms with van der Waals surface area (Å²) < 4.78 is 10.2. The van der Waals surface area contributed by atoms with Crippen LogP contribution >= 0.6 is 0 Å². The van der Waals surface area contributed by atoms with E-state index in [4.69, 9.17) is 15.2 Å². The Labute approximate surface area is 66.3 Å². The van der Waals surface area contributed by atoms with Crippen LogP contribution in [0.2, 0.25) is 0 Å². The number of rotatable bonds is 1. The lowest BCUT2D eigenvalue weighted by Crippen LogP contribution is -2.50. The van der Waals surface area contributed by atoms with Crippen molar-refractivity contribution in [3.63, 3.8) is 0 Å². The summed E-state index contributed by atoms with van der Waals surface area (Å²) in [7, 11) is 1.57. The van der Waals surface area contributed by atoms with Crippen molar-refractivity contribution in [1.82, 2.24) is 0 Å². The lowest BCUT2D eigenvalue weighted by atomic mass is 10.0. The molecule has 0 amide bonds. The first-order chi connectivity index (χ1) is 5.15. The molecule has 11 heavy (non-hydrogen) atoms. The van der Waals surface area contributed by atoms with E-state index in [1.54, 1.807) is 14.0 Å². The summed E-state index contributed by atoms with van der Waals surface area (Å²) in [4.78, 5) is 0. The fourth-order valence-corrected chi connectivity index (χ4v) is 1.32. The maximum atomic E-state index is 9.45. The molecule has 1 fully saturated rings. The van der Waals surface area contributed by atoms with Gasteiger partial charge < -0.3 is 20.3 Å². The highest BCUT2D eigenvalue weighted by Gasteiger charge is 2.33. The molecule has 3 N–H and O–H groups in total. The molecule has 0 aliphatic carbocycles. The van der Waals surface area contributed by atoms with Crippen molar-refractivity contribution in [2.45, 2.75) is 37.9 Å². The fraction of sp³-hybridized carbons (Fsp3) is 1.00. The standard InChI is InChI=1S/C7H15NO3/c1-4-7(9)5(10-2)3-6(8)11-4/h4-7,9H,3,8H2,1-2H3/t4-,5-,6?,7-/m0/s1. The molecule has 0 bridgehead atoms. The molecule has 66 valence electrons. The first kappa shape index (κ1) is 8.93. The van der Waals surface area contributed by atoms with Gasteiger partial charge in [-0.05, 0) is 6.92 Å². The molecule has 1 rings (SSSR count). The van der Waals surface area contributed by atoms with Crippen LogP contribution in [0.5, 0.6) is 0 Å². The molecular formula is C7H15NO3. The maximum absolute atomic E-state index is 9.45. The monoisotopic (exact) mass is 161 g/mol. The predicted molar refractivity (Wildman–Crippen MR) is 39.9 cm³/mol. The minimum absolute atomic E-state index is 0.186. The van der Waals surface area contributed by atoms with Gasteiger partial charge in [0.05, 0.1) is 12.2 Å². The van der Waals surface area contributed by atoms with Crippen LogP contribution in [0.4, 0.5) is 0 Å². The Morgan fingerprint density at radius 3 is 2.82 bits per heavy atom. The van der Waals surface area contributed by atoms with Gasteiger partial charge in [-0.1, -0.05) is 0 Å². The number of methoxy groups -OCH3 is 1. The summed E-state index contributed by atoms with van der Waals surface area (Å²) in [5, 5.41) is 9.45. The van der Waals surface area contributed by atoms with Gasteiger partial charge in [0.2, 0.25) is 0 Å². The zero-order valence-corrected chi connectivity index (χ0v) is 6.86. The molecule has 1 aliphatic heterocycles. The minimum atomic E-state index is -0.556. The Morgan fingerprint density at radius 1 is 1.64 bits per heavy atom. The van der Waals surface area contributed by atoms with Crippen LogP contribution in [-0.2, 0) is 9.47 Å². The van der Waals surface area contributed by atoms with Crippen molar-refractivity contribution in [1.29, 1.82) is 0 Å². The molecule has 0 saturated carbocycles. The molecule has 4 atom stereocenters. The summed E-state index contributed by atoms with van der Waals surface area (Å²) in [5.41, 5.74) is 5.54. The lowest BCUT2D eigenvalue weighted by molar-refractivity contribution is -0.168. The highest BCUT2D eigenvalue weighted by atomic mass is 16.5. The van der Waals surface area contributed by atoms with Gasteiger partial charge in [0.25, 0.3) is 0 Å². The summed E-state index contributed by atoms with van der Waals surface area (Å²) in [6, 6.07) is 0. The summed E-state index contributed by atoms with van der Waals surface area (Å²) in [6.45, 7) is 1.79. The topological polar surface area (TPSA) is 64.7 Å². The van der Waals surface area contributed by atoms with E-state index >= 15 is 0 Å². The lowest BCUT2D eigenvalue weighted by Gasteiger charge is -2.35. The molecule has 0 radical (unpaired) electrons. The van der Waals surface area contributed by atoms with Gasteiger partial charge in [0.15, 0.2) is 0 Å². The molecule has 4 heteroatoms. The first-order valence-corrected chi connectivity index (χ1v) is 3.77. The van der Waals surface area contributed by atoms with Crippen LogP contribution in [0.15, 0.2) is 0 Å². The van der Waals surface area contributed by atoms with Gasteiger partial charge in [-0.25, -0.2) is 0 Å². The van der Waals surface area contributed by atoms with Crippen molar-refractivity contribution >= 4 is 0 Å². The van der Waals surface area contributed by atoms with Crippen molar-refractivity contribution in [3.05, 3.63) is 0 Å². The van der Waals surface area contributed by atoms with Gasteiger partial charge in [-0.3, -0.25) is 0 Å². The second-order valence-corrected chi connectivity index (χ2v) is 2.88. The minimum Gasteiger partial charge on any atom is -0.388 e. The Kier molecular flexibility index (Phi) is 2.84. The second-order valence-electron chi connectivity index (χ2n) is 2.88. The molecule has 4 nitrogen and oxygen atoms in total. The molecule has 0 aromatic heterocycles. The number of hydrogen-bond acceptors (Lipinski definition) is 4. The molecule has 0 aromatic carbocycles. The Morgan fingerprint density at radius 2 is 2.27 bits per heavy atom. The van der Waals surface area contributed by atoms with Crippen molar-refractivity contribution < 1.29 is 14.6 Å². The zero-order chi connectivity index (χ0) is 8.43. The van der Waals surface area contributed by atoms with Crippen LogP contribution in [0.25, 0.3) is 0 Å². The molecule has 1 heterocycles. The quantitative estimate of drug-likeness (QED) is 0.542. The third-order valence-electron chi connectivity index (χ3n) is 2.02. The first-order valence-electron chi connectivity index (χ1n) is 3.77. The van der Waals surface area contributed by atoms with Crippen LogP contribution in [0, 0.1) is 0 Å². The second kappa shape index (κ2) is 3.49. The van der Waals surface area contributed by atoms with E-state index in [2.05, 4.69) is 0 Å². The van der Waals surface area contributed by atoms with Crippen molar-refractivity contribution in [2.75, 3.05) is 7.11 Å². The van der Waals surface area contributed by atoms with Gasteiger partial charge >= 0.3 is 0 Å². The largest absolute Gasteiger partial charge is 0.388 e. The predicted octanol–water partition coefficient (Wildman–Crippen LogP) is -0.544. The Balaban J connectivity index is 2.51. The molecule has 0 spiro atoms. The van der Waals surface area contributed by atoms with Crippen LogP contribution in [0.1, 0.15) is 13.3 Å². The highest BCUT2D eigenvalue weighted by molar-refractivity contribution is 4.81. The average Bonchev–Trinajstić information content (AvgIpc) is 1.96. The third-order valence-corrected chi connectivity index (χ3v) is 2.02. The fourth-order valence-electron chi connectivity index (χ4n) is 1.32. The SMILES string of the molecule is CO[C@H]1CC(N)O[C@@H](C)[C@@H]1O. The van der Waals surface area contributed by atoms with E-state index in [9.17, 15) is 5.11 Å². The summed E-state index contributed by atoms with van der Waals surface area (Å²) in [5.74, 6) is 0. The third kappa shape index (κ3) is 1.90. The van der Waals surface area contributed by atoms with E-state index in [0.717, 1.165) is 0 Å². The molecule has 1 unspecified atom stereocenters. The van der Waals surface area contributed by atoms with E-state index in [-0.39, 0.29) is 18.4 Å². The number of ether oxygens (including phenoxy) is 2. The number of aliphatic hydroxyl groups is 1. The van der Waals surface area contributed by atoms with Crippen molar-refractivity contribution in [2.24, 2.45) is 5.73 Å². The van der Waals surface area contributed by atoms with Gasteiger partial charge in [0.1, 0.15) is 12.3 Å². The number of hydrogen-bond donors (Lipinski definition) is 2. The zero-order valence-electron chi connectivity index (χ0n) is 6.86. The maximum Gasteiger partial charge on any atom is 0.108 e. The van der Waals surface area contributed by atoms with Gasteiger partial charge in [-0.15, -0.1) is 0 Å². The molecule has 1 aliphatic rings. The van der Waals surface area contributed by atoms with Crippen LogP contribution in [-0.4, -0.2) is 36.8 Å². The van der Waals surface area contributed by atoms with E-state index < -0.39 is 6.10 Å². The van der Waals surface area contributed by atoms with E-state index in [0.29, 0.717) is 6.42 Å². The Bertz CT molecular complexity index is 131. The van der Waals surface area contributed by atoms with Crippen molar-refractivity contribution in [3.8, 4) is 0 Å². The molecular weight excluding hydrogens is 146 g/mol.